The third kappa shape index (κ3) is 3.96. The van der Waals surface area contributed by atoms with Crippen LogP contribution in [0.5, 0.6) is 0 Å². The van der Waals surface area contributed by atoms with Gasteiger partial charge >= 0.3 is 0 Å². The average Bonchev–Trinajstić information content (AvgIpc) is 3.25. The Hall–Kier alpha value is -3.36. The van der Waals surface area contributed by atoms with Crippen molar-refractivity contribution in [1.29, 1.82) is 0 Å². The molecule has 0 amide bonds. The van der Waals surface area contributed by atoms with Crippen molar-refractivity contribution in [3.63, 3.8) is 0 Å². The molecule has 0 saturated carbocycles. The van der Waals surface area contributed by atoms with Crippen LogP contribution in [-0.4, -0.2) is 49.2 Å². The Morgan fingerprint density at radius 1 is 1.15 bits per heavy atom. The van der Waals surface area contributed by atoms with E-state index < -0.39 is 12.1 Å². The molecule has 4 aromatic rings. The molecular weight excluding hydrogens is 418 g/mol. The van der Waals surface area contributed by atoms with Crippen molar-refractivity contribution < 1.29 is 9.84 Å². The second-order valence-corrected chi connectivity index (χ2v) is 8.77. The number of benzene rings is 2. The van der Waals surface area contributed by atoms with Crippen LogP contribution in [0.15, 0.2) is 47.4 Å². The zero-order valence-corrected chi connectivity index (χ0v) is 19.0. The number of rotatable bonds is 4. The van der Waals surface area contributed by atoms with Gasteiger partial charge in [-0.25, -0.2) is 4.68 Å². The molecule has 0 unspecified atom stereocenters. The van der Waals surface area contributed by atoms with Gasteiger partial charge in [-0.05, 0) is 61.1 Å². The Balaban J connectivity index is 1.51. The first kappa shape index (κ1) is 21.5. The predicted octanol–water partition coefficient (Wildman–Crippen LogP) is 2.72. The van der Waals surface area contributed by atoms with Gasteiger partial charge in [0.05, 0.1) is 23.8 Å². The van der Waals surface area contributed by atoms with Crippen LogP contribution in [0.4, 0.5) is 0 Å². The summed E-state index contributed by atoms with van der Waals surface area (Å²) < 4.78 is 8.54. The Bertz CT molecular complexity index is 1370. The lowest BCUT2D eigenvalue weighted by Crippen LogP contribution is -2.41. The largest absolute Gasteiger partial charge is 0.391 e. The third-order valence-electron chi connectivity index (χ3n) is 6.62. The van der Waals surface area contributed by atoms with Gasteiger partial charge in [-0.2, -0.15) is 5.10 Å². The molecule has 0 radical (unpaired) electrons. The lowest BCUT2D eigenvalue weighted by Gasteiger charge is -2.27. The number of ether oxygens (including phenoxy) is 1. The van der Waals surface area contributed by atoms with Gasteiger partial charge < -0.3 is 9.84 Å². The van der Waals surface area contributed by atoms with Gasteiger partial charge in [0.25, 0.3) is 5.56 Å². The standard InChI is InChI=1S/C25H27N5O3/c1-15-16(2)24-20(25(32)30(28-26-24)22-14-33-11-9-23(22)31)13-19(15)12-17-4-6-18(7-5-17)21-8-10-29(3)27-21/h4-8,10,13,22-23,31H,9,11-12,14H2,1-3H3/t22-,23-/m0/s1. The molecule has 0 spiro atoms. The van der Waals surface area contributed by atoms with Crippen LogP contribution in [-0.2, 0) is 18.2 Å². The summed E-state index contributed by atoms with van der Waals surface area (Å²) in [5, 5.41) is 23.8. The molecule has 1 aliphatic rings. The number of fused-ring (bicyclic) bond motifs is 1. The fourth-order valence-corrected chi connectivity index (χ4v) is 4.45. The van der Waals surface area contributed by atoms with Crippen molar-refractivity contribution in [3.8, 4) is 11.3 Å². The first-order chi connectivity index (χ1) is 15.9. The smallest absolute Gasteiger partial charge is 0.278 e. The zero-order valence-electron chi connectivity index (χ0n) is 19.0. The van der Waals surface area contributed by atoms with Crippen molar-refractivity contribution in [2.75, 3.05) is 13.2 Å². The van der Waals surface area contributed by atoms with Gasteiger partial charge in [-0.15, -0.1) is 5.10 Å². The molecule has 1 fully saturated rings. The maximum Gasteiger partial charge on any atom is 0.278 e. The maximum atomic E-state index is 13.3. The lowest BCUT2D eigenvalue weighted by atomic mass is 9.94. The van der Waals surface area contributed by atoms with Crippen molar-refractivity contribution in [2.24, 2.45) is 7.05 Å². The summed E-state index contributed by atoms with van der Waals surface area (Å²) in [6.45, 7) is 4.76. The van der Waals surface area contributed by atoms with Crippen LogP contribution in [0.25, 0.3) is 22.2 Å². The van der Waals surface area contributed by atoms with Crippen LogP contribution in [0.3, 0.4) is 0 Å². The minimum absolute atomic E-state index is 0.246. The van der Waals surface area contributed by atoms with Crippen LogP contribution in [0.1, 0.15) is 34.7 Å². The highest BCUT2D eigenvalue weighted by Crippen LogP contribution is 2.26. The van der Waals surface area contributed by atoms with Crippen LogP contribution in [0, 0.1) is 13.8 Å². The number of hydrogen-bond acceptors (Lipinski definition) is 6. The Kier molecular flexibility index (Phi) is 5.55. The summed E-state index contributed by atoms with van der Waals surface area (Å²) in [6.07, 6.45) is 2.43. The second kappa shape index (κ2) is 8.53. The first-order valence-corrected chi connectivity index (χ1v) is 11.2. The predicted molar refractivity (Wildman–Crippen MR) is 125 cm³/mol. The van der Waals surface area contributed by atoms with Crippen molar-refractivity contribution >= 4 is 10.9 Å². The molecule has 0 bridgehead atoms. The van der Waals surface area contributed by atoms with E-state index in [1.807, 2.05) is 32.3 Å². The van der Waals surface area contributed by atoms with Gasteiger partial charge in [-0.3, -0.25) is 9.48 Å². The fraction of sp³-hybridized carbons (Fsp3) is 0.360. The highest BCUT2D eigenvalue weighted by molar-refractivity contribution is 5.82. The van der Waals surface area contributed by atoms with Crippen molar-refractivity contribution in [1.82, 2.24) is 24.8 Å². The quantitative estimate of drug-likeness (QED) is 0.519. The summed E-state index contributed by atoms with van der Waals surface area (Å²) in [5.41, 5.74) is 6.64. The number of nitrogens with zero attached hydrogens (tertiary/aromatic N) is 5. The molecule has 170 valence electrons. The lowest BCUT2D eigenvalue weighted by molar-refractivity contribution is -0.0352. The summed E-state index contributed by atoms with van der Waals surface area (Å²) in [4.78, 5) is 13.3. The van der Waals surface area contributed by atoms with Gasteiger partial charge in [-0.1, -0.05) is 29.5 Å². The highest BCUT2D eigenvalue weighted by Gasteiger charge is 2.28. The number of aliphatic hydroxyl groups is 1. The molecule has 3 heterocycles. The van der Waals surface area contributed by atoms with E-state index in [2.05, 4.69) is 46.6 Å². The van der Waals surface area contributed by atoms with E-state index in [1.165, 1.54) is 4.68 Å². The minimum Gasteiger partial charge on any atom is -0.391 e. The molecule has 0 aliphatic carbocycles. The first-order valence-electron chi connectivity index (χ1n) is 11.2. The normalized spacial score (nSPS) is 18.7. The molecule has 1 saturated heterocycles. The number of aromatic nitrogens is 5. The molecule has 8 heteroatoms. The van der Waals surface area contributed by atoms with Crippen molar-refractivity contribution in [2.45, 2.75) is 38.8 Å². The van der Waals surface area contributed by atoms with Crippen LogP contribution >= 0.6 is 0 Å². The maximum absolute atomic E-state index is 13.3. The molecule has 2 aromatic heterocycles. The van der Waals surface area contributed by atoms with E-state index in [0.717, 1.165) is 33.5 Å². The Morgan fingerprint density at radius 3 is 2.64 bits per heavy atom. The summed E-state index contributed by atoms with van der Waals surface area (Å²) in [5.74, 6) is 0. The van der Waals surface area contributed by atoms with Gasteiger partial charge in [0.1, 0.15) is 11.6 Å². The summed E-state index contributed by atoms with van der Waals surface area (Å²) in [6, 6.07) is 11.7. The van der Waals surface area contributed by atoms with Gasteiger partial charge in [0, 0.05) is 25.4 Å². The second-order valence-electron chi connectivity index (χ2n) is 8.77. The monoisotopic (exact) mass is 445 g/mol. The van der Waals surface area contributed by atoms with E-state index in [9.17, 15) is 9.90 Å². The molecular formula is C25H27N5O3. The highest BCUT2D eigenvalue weighted by atomic mass is 16.5. The number of aryl methyl sites for hydroxylation is 2. The molecule has 1 N–H and O–H groups in total. The van der Waals surface area contributed by atoms with E-state index in [4.69, 9.17) is 4.74 Å². The topological polar surface area (TPSA) is 95.1 Å². The Morgan fingerprint density at radius 2 is 1.94 bits per heavy atom. The fourth-order valence-electron chi connectivity index (χ4n) is 4.45. The van der Waals surface area contributed by atoms with E-state index in [0.29, 0.717) is 30.4 Å². The zero-order chi connectivity index (χ0) is 23.1. The molecule has 33 heavy (non-hydrogen) atoms. The molecule has 5 rings (SSSR count). The van der Waals surface area contributed by atoms with Crippen LogP contribution < -0.4 is 5.56 Å². The molecule has 2 atom stereocenters. The molecule has 1 aliphatic heterocycles. The van der Waals surface area contributed by atoms with Crippen molar-refractivity contribution in [3.05, 3.63) is 75.2 Å². The summed E-state index contributed by atoms with van der Waals surface area (Å²) in [7, 11) is 1.91. The third-order valence-corrected chi connectivity index (χ3v) is 6.62. The molecule has 8 nitrogen and oxygen atoms in total. The molecule has 2 aromatic carbocycles. The Labute approximate surface area is 191 Å². The minimum atomic E-state index is -0.674. The number of hydrogen-bond donors (Lipinski definition) is 1. The average molecular weight is 446 g/mol. The van der Waals surface area contributed by atoms with E-state index >= 15 is 0 Å². The van der Waals surface area contributed by atoms with E-state index in [1.54, 1.807) is 4.68 Å². The summed E-state index contributed by atoms with van der Waals surface area (Å²) >= 11 is 0. The SMILES string of the molecule is Cc1c(Cc2ccc(-c3ccn(C)n3)cc2)cc2c(=O)n([C@H]3COCC[C@@H]3O)nnc2c1C. The van der Waals surface area contributed by atoms with Gasteiger partial charge in [0.2, 0.25) is 0 Å². The van der Waals surface area contributed by atoms with Crippen LogP contribution in [0.2, 0.25) is 0 Å². The van der Waals surface area contributed by atoms with Gasteiger partial charge in [0.15, 0.2) is 0 Å². The van der Waals surface area contributed by atoms with E-state index in [-0.39, 0.29) is 12.2 Å². The number of aliphatic hydroxyl groups excluding tert-OH is 1.